The number of benzene rings is 1. The summed E-state index contributed by atoms with van der Waals surface area (Å²) in [5.41, 5.74) is -0.241. The number of rotatable bonds is 2. The van der Waals surface area contributed by atoms with Gasteiger partial charge in [0.1, 0.15) is 5.82 Å². The molecule has 0 aliphatic carbocycles. The van der Waals surface area contributed by atoms with Gasteiger partial charge in [-0.25, -0.2) is 19.1 Å². The molecule has 2 N–H and O–H groups in total. The Kier molecular flexibility index (Phi) is 2.67. The zero-order valence-corrected chi connectivity index (χ0v) is 5.98. The Morgan fingerprint density at radius 3 is 2.50 bits per heavy atom. The van der Waals surface area contributed by atoms with Gasteiger partial charge in [-0.2, -0.15) is 0 Å². The highest BCUT2D eigenvalue weighted by molar-refractivity contribution is 5.19. The van der Waals surface area contributed by atoms with Gasteiger partial charge in [0.15, 0.2) is 11.6 Å². The SMILES string of the molecule is NOCc1cc(F)cc(F)c1F. The third kappa shape index (κ3) is 1.75. The van der Waals surface area contributed by atoms with Crippen LogP contribution in [0.3, 0.4) is 0 Å². The summed E-state index contributed by atoms with van der Waals surface area (Å²) < 4.78 is 37.6. The Morgan fingerprint density at radius 1 is 1.25 bits per heavy atom. The van der Waals surface area contributed by atoms with E-state index >= 15 is 0 Å². The monoisotopic (exact) mass is 177 g/mol. The van der Waals surface area contributed by atoms with Gasteiger partial charge in [-0.15, -0.1) is 0 Å². The van der Waals surface area contributed by atoms with E-state index in [9.17, 15) is 13.2 Å². The first-order valence-corrected chi connectivity index (χ1v) is 3.10. The first kappa shape index (κ1) is 9.02. The summed E-state index contributed by atoms with van der Waals surface area (Å²) in [5, 5.41) is 0. The van der Waals surface area contributed by atoms with Gasteiger partial charge in [-0.3, -0.25) is 4.84 Å². The molecule has 0 atom stereocenters. The van der Waals surface area contributed by atoms with Crippen molar-refractivity contribution in [1.29, 1.82) is 0 Å². The molecule has 66 valence electrons. The summed E-state index contributed by atoms with van der Waals surface area (Å²) in [5.74, 6) is 1.37. The lowest BCUT2D eigenvalue weighted by atomic mass is 10.2. The fourth-order valence-corrected chi connectivity index (χ4v) is 0.804. The molecule has 0 heterocycles. The van der Waals surface area contributed by atoms with Crippen LogP contribution in [0.15, 0.2) is 12.1 Å². The Hall–Kier alpha value is -1.07. The fraction of sp³-hybridized carbons (Fsp3) is 0.143. The summed E-state index contributed by atoms with van der Waals surface area (Å²) in [7, 11) is 0. The van der Waals surface area contributed by atoms with Crippen LogP contribution >= 0.6 is 0 Å². The number of hydrogen-bond donors (Lipinski definition) is 1. The van der Waals surface area contributed by atoms with Gasteiger partial charge >= 0.3 is 0 Å². The molecule has 0 amide bonds. The van der Waals surface area contributed by atoms with Gasteiger partial charge in [0.25, 0.3) is 0 Å². The summed E-state index contributed by atoms with van der Waals surface area (Å²) >= 11 is 0. The summed E-state index contributed by atoms with van der Waals surface area (Å²) in [6.45, 7) is -0.361. The average Bonchev–Trinajstić information content (AvgIpc) is 2.00. The molecule has 0 aliphatic heterocycles. The van der Waals surface area contributed by atoms with Crippen molar-refractivity contribution in [3.8, 4) is 0 Å². The minimum absolute atomic E-state index is 0.241. The van der Waals surface area contributed by atoms with Gasteiger partial charge < -0.3 is 0 Å². The zero-order valence-electron chi connectivity index (χ0n) is 5.98. The van der Waals surface area contributed by atoms with Crippen molar-refractivity contribution in [2.24, 2.45) is 5.90 Å². The summed E-state index contributed by atoms with van der Waals surface area (Å²) in [6.07, 6.45) is 0. The number of halogens is 3. The van der Waals surface area contributed by atoms with Crippen molar-refractivity contribution in [2.75, 3.05) is 0 Å². The molecule has 1 aromatic rings. The van der Waals surface area contributed by atoms with Crippen molar-refractivity contribution in [3.63, 3.8) is 0 Å². The molecule has 0 saturated heterocycles. The van der Waals surface area contributed by atoms with E-state index in [1.807, 2.05) is 0 Å². The smallest absolute Gasteiger partial charge is 0.164 e. The van der Waals surface area contributed by atoms with Crippen molar-refractivity contribution in [1.82, 2.24) is 0 Å². The largest absolute Gasteiger partial charge is 0.300 e. The minimum Gasteiger partial charge on any atom is -0.300 e. The predicted molar refractivity (Wildman–Crippen MR) is 35.3 cm³/mol. The molecule has 0 fully saturated rings. The molecule has 0 radical (unpaired) electrons. The quantitative estimate of drug-likeness (QED) is 0.548. The van der Waals surface area contributed by atoms with Crippen molar-refractivity contribution in [3.05, 3.63) is 35.1 Å². The van der Waals surface area contributed by atoms with E-state index < -0.39 is 17.5 Å². The first-order valence-electron chi connectivity index (χ1n) is 3.10. The summed E-state index contributed by atoms with van der Waals surface area (Å²) in [4.78, 5) is 4.05. The summed E-state index contributed by atoms with van der Waals surface area (Å²) in [6, 6.07) is 1.28. The Morgan fingerprint density at radius 2 is 1.92 bits per heavy atom. The second kappa shape index (κ2) is 3.55. The van der Waals surface area contributed by atoms with Crippen LogP contribution in [0.25, 0.3) is 0 Å². The maximum atomic E-state index is 12.7. The van der Waals surface area contributed by atoms with E-state index in [4.69, 9.17) is 0 Å². The van der Waals surface area contributed by atoms with Gasteiger partial charge in [0, 0.05) is 11.6 Å². The predicted octanol–water partition coefficient (Wildman–Crippen LogP) is 1.49. The Bertz CT molecular complexity index is 290. The molecule has 0 aliphatic rings. The molecule has 0 bridgehead atoms. The van der Waals surface area contributed by atoms with Crippen LogP contribution in [0.5, 0.6) is 0 Å². The number of hydrogen-bond acceptors (Lipinski definition) is 2. The lowest BCUT2D eigenvalue weighted by Gasteiger charge is -2.01. The Balaban J connectivity index is 3.09. The van der Waals surface area contributed by atoms with E-state index in [-0.39, 0.29) is 12.2 Å². The Labute approximate surface area is 66.7 Å². The van der Waals surface area contributed by atoms with Crippen molar-refractivity contribution < 1.29 is 18.0 Å². The maximum Gasteiger partial charge on any atom is 0.164 e. The van der Waals surface area contributed by atoms with Gasteiger partial charge in [0.2, 0.25) is 0 Å². The standard InChI is InChI=1S/C7H6F3NO/c8-5-1-4(3-12-11)7(10)6(9)2-5/h1-2H,3,11H2. The lowest BCUT2D eigenvalue weighted by Crippen LogP contribution is -2.03. The molecule has 5 heteroatoms. The van der Waals surface area contributed by atoms with E-state index in [0.29, 0.717) is 6.07 Å². The second-order valence-corrected chi connectivity index (χ2v) is 2.17. The highest BCUT2D eigenvalue weighted by Crippen LogP contribution is 2.14. The van der Waals surface area contributed by atoms with Crippen LogP contribution in [0, 0.1) is 17.5 Å². The molecule has 12 heavy (non-hydrogen) atoms. The van der Waals surface area contributed by atoms with Gasteiger partial charge in [-0.05, 0) is 6.07 Å². The van der Waals surface area contributed by atoms with Crippen LogP contribution in [0.2, 0.25) is 0 Å². The third-order valence-corrected chi connectivity index (χ3v) is 1.31. The van der Waals surface area contributed by atoms with Crippen LogP contribution in [0.4, 0.5) is 13.2 Å². The van der Waals surface area contributed by atoms with E-state index in [0.717, 1.165) is 6.07 Å². The highest BCUT2D eigenvalue weighted by atomic mass is 19.2. The third-order valence-electron chi connectivity index (χ3n) is 1.31. The molecular formula is C7H6F3NO. The van der Waals surface area contributed by atoms with Crippen LogP contribution in [0.1, 0.15) is 5.56 Å². The van der Waals surface area contributed by atoms with Crippen molar-refractivity contribution >= 4 is 0 Å². The van der Waals surface area contributed by atoms with E-state index in [1.165, 1.54) is 0 Å². The van der Waals surface area contributed by atoms with Gasteiger partial charge in [-0.1, -0.05) is 0 Å². The van der Waals surface area contributed by atoms with E-state index in [2.05, 4.69) is 10.7 Å². The first-order chi connectivity index (χ1) is 5.65. The highest BCUT2D eigenvalue weighted by Gasteiger charge is 2.10. The van der Waals surface area contributed by atoms with Crippen LogP contribution in [-0.2, 0) is 11.4 Å². The normalized spacial score (nSPS) is 10.3. The van der Waals surface area contributed by atoms with Crippen molar-refractivity contribution in [2.45, 2.75) is 6.61 Å². The molecule has 2 nitrogen and oxygen atoms in total. The molecular weight excluding hydrogens is 171 g/mol. The zero-order chi connectivity index (χ0) is 9.14. The molecule has 0 aromatic heterocycles. The van der Waals surface area contributed by atoms with E-state index in [1.54, 1.807) is 0 Å². The average molecular weight is 177 g/mol. The second-order valence-electron chi connectivity index (χ2n) is 2.17. The molecule has 0 spiro atoms. The molecule has 0 saturated carbocycles. The lowest BCUT2D eigenvalue weighted by molar-refractivity contribution is 0.120. The van der Waals surface area contributed by atoms with Crippen LogP contribution < -0.4 is 5.90 Å². The number of nitrogens with two attached hydrogens (primary N) is 1. The maximum absolute atomic E-state index is 12.7. The topological polar surface area (TPSA) is 35.2 Å². The van der Waals surface area contributed by atoms with Gasteiger partial charge in [0.05, 0.1) is 6.61 Å². The van der Waals surface area contributed by atoms with Crippen LogP contribution in [-0.4, -0.2) is 0 Å². The fourth-order valence-electron chi connectivity index (χ4n) is 0.804. The molecule has 1 aromatic carbocycles. The minimum atomic E-state index is -1.25. The molecule has 1 rings (SSSR count). The molecule has 0 unspecified atom stereocenters.